The molecule has 22 heavy (non-hydrogen) atoms. The minimum Gasteiger partial charge on any atom is -0.465 e. The Balaban J connectivity index is 2.21. The van der Waals surface area contributed by atoms with Gasteiger partial charge >= 0.3 is 5.97 Å². The Morgan fingerprint density at radius 3 is 2.32 bits per heavy atom. The number of esters is 1. The predicted molar refractivity (Wildman–Crippen MR) is 85.1 cm³/mol. The number of H-pyrrole nitrogens is 1. The third kappa shape index (κ3) is 3.03. The van der Waals surface area contributed by atoms with Crippen LogP contribution in [0, 0.1) is 19.8 Å². The number of carbonyl (C=O) groups is 2. The second kappa shape index (κ2) is 6.55. The number of hydrogen-bond donors (Lipinski definition) is 1. The number of amides is 1. The van der Waals surface area contributed by atoms with E-state index >= 15 is 0 Å². The van der Waals surface area contributed by atoms with Crippen molar-refractivity contribution in [3.63, 3.8) is 0 Å². The zero-order valence-corrected chi connectivity index (χ0v) is 14.2. The van der Waals surface area contributed by atoms with E-state index in [0.29, 0.717) is 22.5 Å². The van der Waals surface area contributed by atoms with E-state index in [4.69, 9.17) is 4.74 Å². The van der Waals surface area contributed by atoms with Crippen LogP contribution >= 0.6 is 0 Å². The van der Waals surface area contributed by atoms with E-state index in [1.807, 2.05) is 11.9 Å². The highest BCUT2D eigenvalue weighted by molar-refractivity contribution is 6.00. The molecule has 0 radical (unpaired) electrons. The predicted octanol–water partition coefficient (Wildman–Crippen LogP) is 3.07. The molecular weight excluding hydrogens is 280 g/mol. The van der Waals surface area contributed by atoms with Crippen LogP contribution in [-0.2, 0) is 4.74 Å². The fraction of sp³-hybridized carbons (Fsp3) is 0.647. The first-order valence-corrected chi connectivity index (χ1v) is 7.91. The summed E-state index contributed by atoms with van der Waals surface area (Å²) in [6.45, 7) is 5.84. The lowest BCUT2D eigenvalue weighted by Gasteiger charge is -2.33. The minimum atomic E-state index is -0.403. The van der Waals surface area contributed by atoms with E-state index in [-0.39, 0.29) is 11.9 Å². The van der Waals surface area contributed by atoms with Crippen molar-refractivity contribution in [2.45, 2.75) is 52.5 Å². The summed E-state index contributed by atoms with van der Waals surface area (Å²) >= 11 is 0. The second-order valence-electron chi connectivity index (χ2n) is 6.45. The van der Waals surface area contributed by atoms with Crippen molar-refractivity contribution in [1.29, 1.82) is 0 Å². The minimum absolute atomic E-state index is 0.0460. The van der Waals surface area contributed by atoms with E-state index in [0.717, 1.165) is 18.8 Å². The van der Waals surface area contributed by atoms with Crippen LogP contribution in [-0.4, -0.2) is 42.0 Å². The molecule has 1 aromatic rings. The Morgan fingerprint density at radius 2 is 1.77 bits per heavy atom. The number of carbonyl (C=O) groups excluding carboxylic acids is 2. The average Bonchev–Trinajstić information content (AvgIpc) is 2.80. The summed E-state index contributed by atoms with van der Waals surface area (Å²) in [4.78, 5) is 29.5. The van der Waals surface area contributed by atoms with Crippen molar-refractivity contribution in [3.8, 4) is 0 Å². The van der Waals surface area contributed by atoms with Gasteiger partial charge < -0.3 is 14.6 Å². The van der Waals surface area contributed by atoms with Crippen molar-refractivity contribution in [1.82, 2.24) is 9.88 Å². The summed E-state index contributed by atoms with van der Waals surface area (Å²) in [6.07, 6.45) is 4.43. The van der Waals surface area contributed by atoms with Gasteiger partial charge in [-0.2, -0.15) is 0 Å². The molecule has 1 amide bonds. The van der Waals surface area contributed by atoms with Gasteiger partial charge in [0.1, 0.15) is 5.69 Å². The molecule has 0 aromatic carbocycles. The summed E-state index contributed by atoms with van der Waals surface area (Å²) in [6, 6.07) is 0.285. The first-order valence-electron chi connectivity index (χ1n) is 7.91. The molecule has 1 heterocycles. The van der Waals surface area contributed by atoms with Gasteiger partial charge in [0.15, 0.2) is 0 Å². The van der Waals surface area contributed by atoms with Crippen LogP contribution in [0.1, 0.15) is 64.7 Å². The number of aromatic nitrogens is 1. The molecule has 1 aliphatic rings. The lowest BCUT2D eigenvalue weighted by molar-refractivity contribution is 0.0599. The maximum Gasteiger partial charge on any atom is 0.339 e. The number of ether oxygens (including phenoxy) is 1. The number of nitrogens with zero attached hydrogens (tertiary/aromatic N) is 1. The van der Waals surface area contributed by atoms with Crippen LogP contribution in [0.15, 0.2) is 0 Å². The fourth-order valence-corrected chi connectivity index (χ4v) is 3.34. The normalized spacial score (nSPS) is 21.5. The lowest BCUT2D eigenvalue weighted by atomic mass is 9.86. The third-order valence-electron chi connectivity index (χ3n) is 4.89. The van der Waals surface area contributed by atoms with Gasteiger partial charge in [-0.05, 0) is 51.0 Å². The fourth-order valence-electron chi connectivity index (χ4n) is 3.34. The lowest BCUT2D eigenvalue weighted by Crippen LogP contribution is -2.39. The Kier molecular flexibility index (Phi) is 4.94. The molecule has 122 valence electrons. The quantitative estimate of drug-likeness (QED) is 0.873. The zero-order valence-electron chi connectivity index (χ0n) is 14.2. The van der Waals surface area contributed by atoms with Crippen molar-refractivity contribution in [2.24, 2.45) is 5.92 Å². The van der Waals surface area contributed by atoms with Gasteiger partial charge in [0.25, 0.3) is 5.91 Å². The third-order valence-corrected chi connectivity index (χ3v) is 4.89. The molecule has 0 atom stereocenters. The maximum absolute atomic E-state index is 12.8. The highest BCUT2D eigenvalue weighted by atomic mass is 16.5. The molecule has 1 aliphatic carbocycles. The summed E-state index contributed by atoms with van der Waals surface area (Å²) in [5.74, 6) is 0.301. The van der Waals surface area contributed by atoms with Crippen LogP contribution < -0.4 is 0 Å². The molecule has 0 spiro atoms. The smallest absolute Gasteiger partial charge is 0.339 e. The van der Waals surface area contributed by atoms with Crippen LogP contribution in [0.4, 0.5) is 0 Å². The summed E-state index contributed by atoms with van der Waals surface area (Å²) in [5, 5.41) is 0. The van der Waals surface area contributed by atoms with E-state index in [2.05, 4.69) is 11.9 Å². The standard InChI is InChI=1S/C17H26N2O3/c1-10-6-8-13(9-7-10)19(4)16(20)15-11(2)14(12(3)18-15)17(21)22-5/h10,13,18H,6-9H2,1-5H3. The molecular formula is C17H26N2O3. The monoisotopic (exact) mass is 306 g/mol. The summed E-state index contributed by atoms with van der Waals surface area (Å²) in [7, 11) is 3.21. The van der Waals surface area contributed by atoms with Gasteiger partial charge in [-0.1, -0.05) is 6.92 Å². The van der Waals surface area contributed by atoms with Gasteiger partial charge in [-0.15, -0.1) is 0 Å². The van der Waals surface area contributed by atoms with Gasteiger partial charge in [-0.25, -0.2) is 4.79 Å². The molecule has 2 rings (SSSR count). The molecule has 0 unspecified atom stereocenters. The average molecular weight is 306 g/mol. The maximum atomic E-state index is 12.8. The Morgan fingerprint density at radius 1 is 1.18 bits per heavy atom. The van der Waals surface area contributed by atoms with Gasteiger partial charge in [0.2, 0.25) is 0 Å². The molecule has 5 nitrogen and oxygen atoms in total. The topological polar surface area (TPSA) is 62.4 Å². The van der Waals surface area contributed by atoms with E-state index < -0.39 is 5.97 Å². The molecule has 1 N–H and O–H groups in total. The Hall–Kier alpha value is -1.78. The first kappa shape index (κ1) is 16.6. The number of aryl methyl sites for hydroxylation is 1. The summed E-state index contributed by atoms with van der Waals surface area (Å²) < 4.78 is 4.80. The van der Waals surface area contributed by atoms with Crippen LogP contribution in [0.3, 0.4) is 0 Å². The number of nitrogens with one attached hydrogen (secondary N) is 1. The number of hydrogen-bond acceptors (Lipinski definition) is 3. The zero-order chi connectivity index (χ0) is 16.4. The summed E-state index contributed by atoms with van der Waals surface area (Å²) in [5.41, 5.74) is 2.32. The Bertz CT molecular complexity index is 569. The molecule has 0 bridgehead atoms. The van der Waals surface area contributed by atoms with Crippen LogP contribution in [0.25, 0.3) is 0 Å². The largest absolute Gasteiger partial charge is 0.465 e. The van der Waals surface area contributed by atoms with Crippen molar-refractivity contribution < 1.29 is 14.3 Å². The van der Waals surface area contributed by atoms with Crippen molar-refractivity contribution >= 4 is 11.9 Å². The van der Waals surface area contributed by atoms with Crippen molar-refractivity contribution in [2.75, 3.05) is 14.2 Å². The molecule has 1 saturated carbocycles. The van der Waals surface area contributed by atoms with Gasteiger partial charge in [-0.3, -0.25) is 4.79 Å². The van der Waals surface area contributed by atoms with E-state index in [1.54, 1.807) is 13.8 Å². The molecule has 0 saturated heterocycles. The van der Waals surface area contributed by atoms with Gasteiger partial charge in [0.05, 0.1) is 12.7 Å². The molecule has 5 heteroatoms. The van der Waals surface area contributed by atoms with E-state index in [9.17, 15) is 9.59 Å². The Labute approximate surface area is 132 Å². The van der Waals surface area contributed by atoms with Crippen LogP contribution in [0.5, 0.6) is 0 Å². The van der Waals surface area contributed by atoms with E-state index in [1.165, 1.54) is 20.0 Å². The SMILES string of the molecule is COC(=O)c1c(C)[nH]c(C(=O)N(C)C2CCC(C)CC2)c1C. The van der Waals surface area contributed by atoms with Gasteiger partial charge in [0, 0.05) is 18.8 Å². The molecule has 0 aliphatic heterocycles. The second-order valence-corrected chi connectivity index (χ2v) is 6.45. The number of rotatable bonds is 3. The highest BCUT2D eigenvalue weighted by Crippen LogP contribution is 2.28. The highest BCUT2D eigenvalue weighted by Gasteiger charge is 2.29. The van der Waals surface area contributed by atoms with Crippen LogP contribution in [0.2, 0.25) is 0 Å². The number of methoxy groups -OCH3 is 1. The number of aromatic amines is 1. The molecule has 1 aromatic heterocycles. The first-order chi connectivity index (χ1) is 10.4. The molecule has 1 fully saturated rings. The van der Waals surface area contributed by atoms with Crippen molar-refractivity contribution in [3.05, 3.63) is 22.5 Å².